The van der Waals surface area contributed by atoms with Gasteiger partial charge in [-0.2, -0.15) is 0 Å². The molecule has 0 aromatic heterocycles. The van der Waals surface area contributed by atoms with Crippen LogP contribution < -0.4 is 4.74 Å². The van der Waals surface area contributed by atoms with Gasteiger partial charge in [-0.25, -0.2) is 0 Å². The van der Waals surface area contributed by atoms with Crippen LogP contribution in [-0.4, -0.2) is 32.5 Å². The SMILES string of the molecule is Clc1ccc(OCC2COCCO2)cc1. The highest BCUT2D eigenvalue weighted by Gasteiger charge is 2.14. The summed E-state index contributed by atoms with van der Waals surface area (Å²) in [5, 5.41) is 0.708. The largest absolute Gasteiger partial charge is 0.491 e. The van der Waals surface area contributed by atoms with Crippen molar-refractivity contribution in [2.75, 3.05) is 26.4 Å². The summed E-state index contributed by atoms with van der Waals surface area (Å²) in [5.74, 6) is 0.800. The molecule has 1 aliphatic heterocycles. The smallest absolute Gasteiger partial charge is 0.119 e. The monoisotopic (exact) mass is 228 g/mol. The Hall–Kier alpha value is -0.770. The Bertz CT molecular complexity index is 293. The maximum Gasteiger partial charge on any atom is 0.119 e. The molecule has 1 unspecified atom stereocenters. The van der Waals surface area contributed by atoms with E-state index in [2.05, 4.69) is 0 Å². The van der Waals surface area contributed by atoms with Gasteiger partial charge in [0.25, 0.3) is 0 Å². The minimum absolute atomic E-state index is 0.0365. The highest BCUT2D eigenvalue weighted by atomic mass is 35.5. The lowest BCUT2D eigenvalue weighted by Gasteiger charge is -2.22. The van der Waals surface area contributed by atoms with Gasteiger partial charge in [-0.1, -0.05) is 11.6 Å². The molecular weight excluding hydrogens is 216 g/mol. The van der Waals surface area contributed by atoms with E-state index >= 15 is 0 Å². The van der Waals surface area contributed by atoms with Crippen LogP contribution in [0.3, 0.4) is 0 Å². The molecule has 0 aliphatic carbocycles. The molecule has 1 aromatic carbocycles. The third-order valence-electron chi connectivity index (χ3n) is 2.13. The highest BCUT2D eigenvalue weighted by molar-refractivity contribution is 6.30. The molecule has 1 aromatic rings. The average molecular weight is 229 g/mol. The van der Waals surface area contributed by atoms with Gasteiger partial charge in [0.15, 0.2) is 0 Å². The summed E-state index contributed by atoms with van der Waals surface area (Å²) in [6.45, 7) is 2.45. The zero-order valence-electron chi connectivity index (χ0n) is 8.32. The van der Waals surface area contributed by atoms with Crippen molar-refractivity contribution in [3.63, 3.8) is 0 Å². The first-order chi connectivity index (χ1) is 7.34. The molecule has 0 spiro atoms. The van der Waals surface area contributed by atoms with Gasteiger partial charge in [0.05, 0.1) is 19.8 Å². The molecule has 3 nitrogen and oxygen atoms in total. The molecule has 1 aliphatic rings. The van der Waals surface area contributed by atoms with Crippen molar-refractivity contribution in [3.8, 4) is 5.75 Å². The van der Waals surface area contributed by atoms with Crippen molar-refractivity contribution in [3.05, 3.63) is 29.3 Å². The third kappa shape index (κ3) is 3.38. The fourth-order valence-electron chi connectivity index (χ4n) is 1.35. The lowest BCUT2D eigenvalue weighted by Crippen LogP contribution is -2.33. The maximum atomic E-state index is 5.76. The quantitative estimate of drug-likeness (QED) is 0.793. The lowest BCUT2D eigenvalue weighted by atomic mass is 10.3. The lowest BCUT2D eigenvalue weighted by molar-refractivity contribution is -0.101. The van der Waals surface area contributed by atoms with E-state index in [1.165, 1.54) is 0 Å². The van der Waals surface area contributed by atoms with Crippen LogP contribution in [0.2, 0.25) is 5.02 Å². The Morgan fingerprint density at radius 1 is 1.27 bits per heavy atom. The summed E-state index contributed by atoms with van der Waals surface area (Å²) < 4.78 is 16.2. The fourth-order valence-corrected chi connectivity index (χ4v) is 1.48. The normalized spacial score (nSPS) is 21.3. The van der Waals surface area contributed by atoms with Gasteiger partial charge >= 0.3 is 0 Å². The van der Waals surface area contributed by atoms with E-state index in [9.17, 15) is 0 Å². The van der Waals surface area contributed by atoms with E-state index in [-0.39, 0.29) is 6.10 Å². The van der Waals surface area contributed by atoms with Gasteiger partial charge in [0.2, 0.25) is 0 Å². The van der Waals surface area contributed by atoms with Crippen molar-refractivity contribution in [1.29, 1.82) is 0 Å². The minimum Gasteiger partial charge on any atom is -0.491 e. The van der Waals surface area contributed by atoms with Crippen LogP contribution in [0.4, 0.5) is 0 Å². The van der Waals surface area contributed by atoms with Crippen molar-refractivity contribution in [2.24, 2.45) is 0 Å². The van der Waals surface area contributed by atoms with Crippen molar-refractivity contribution < 1.29 is 14.2 Å². The topological polar surface area (TPSA) is 27.7 Å². The molecule has 0 saturated carbocycles. The second-order valence-corrected chi connectivity index (χ2v) is 3.77. The van der Waals surface area contributed by atoms with Gasteiger partial charge in [0, 0.05) is 5.02 Å². The van der Waals surface area contributed by atoms with Gasteiger partial charge in [-0.15, -0.1) is 0 Å². The van der Waals surface area contributed by atoms with Crippen LogP contribution in [-0.2, 0) is 9.47 Å². The Balaban J connectivity index is 1.79. The molecule has 0 amide bonds. The van der Waals surface area contributed by atoms with Crippen LogP contribution in [0.15, 0.2) is 24.3 Å². The van der Waals surface area contributed by atoms with Gasteiger partial charge in [0.1, 0.15) is 18.5 Å². The Morgan fingerprint density at radius 2 is 2.07 bits per heavy atom. The van der Waals surface area contributed by atoms with Gasteiger partial charge in [-0.05, 0) is 24.3 Å². The molecule has 0 bridgehead atoms. The highest BCUT2D eigenvalue weighted by Crippen LogP contribution is 2.16. The Labute approximate surface area is 93.9 Å². The number of halogens is 1. The first-order valence-corrected chi connectivity index (χ1v) is 5.30. The van der Waals surface area contributed by atoms with E-state index in [1.807, 2.05) is 12.1 Å². The summed E-state index contributed by atoms with van der Waals surface area (Å²) in [6.07, 6.45) is 0.0365. The number of rotatable bonds is 3. The van der Waals surface area contributed by atoms with E-state index in [4.69, 9.17) is 25.8 Å². The number of benzene rings is 1. The molecule has 15 heavy (non-hydrogen) atoms. The van der Waals surface area contributed by atoms with Crippen LogP contribution in [0.1, 0.15) is 0 Å². The van der Waals surface area contributed by atoms with E-state index in [0.717, 1.165) is 5.75 Å². The Kier molecular flexibility index (Phi) is 3.83. The number of hydrogen-bond acceptors (Lipinski definition) is 3. The van der Waals surface area contributed by atoms with Crippen LogP contribution in [0.25, 0.3) is 0 Å². The number of hydrogen-bond donors (Lipinski definition) is 0. The second-order valence-electron chi connectivity index (χ2n) is 3.33. The zero-order chi connectivity index (χ0) is 10.5. The average Bonchev–Trinajstić information content (AvgIpc) is 2.30. The Morgan fingerprint density at radius 3 is 2.73 bits per heavy atom. The van der Waals surface area contributed by atoms with Crippen LogP contribution in [0, 0.1) is 0 Å². The van der Waals surface area contributed by atoms with E-state index in [1.54, 1.807) is 12.1 Å². The zero-order valence-corrected chi connectivity index (χ0v) is 9.07. The molecule has 2 rings (SSSR count). The summed E-state index contributed by atoms with van der Waals surface area (Å²) >= 11 is 5.76. The predicted molar refractivity (Wildman–Crippen MR) is 57.5 cm³/mol. The summed E-state index contributed by atoms with van der Waals surface area (Å²) in [5.41, 5.74) is 0. The van der Waals surface area contributed by atoms with Crippen molar-refractivity contribution >= 4 is 11.6 Å². The molecule has 1 heterocycles. The van der Waals surface area contributed by atoms with Gasteiger partial charge < -0.3 is 14.2 Å². The molecule has 0 radical (unpaired) electrons. The summed E-state index contributed by atoms with van der Waals surface area (Å²) in [4.78, 5) is 0. The van der Waals surface area contributed by atoms with E-state index in [0.29, 0.717) is 31.5 Å². The predicted octanol–water partition coefficient (Wildman–Crippen LogP) is 2.13. The second kappa shape index (κ2) is 5.35. The number of ether oxygens (including phenoxy) is 3. The maximum absolute atomic E-state index is 5.76. The molecule has 0 N–H and O–H groups in total. The third-order valence-corrected chi connectivity index (χ3v) is 2.39. The minimum atomic E-state index is 0.0365. The standard InChI is InChI=1S/C11H13ClO3/c12-9-1-3-10(4-2-9)15-8-11-7-13-5-6-14-11/h1-4,11H,5-8H2. The fraction of sp³-hybridized carbons (Fsp3) is 0.455. The molecule has 82 valence electrons. The van der Waals surface area contributed by atoms with Crippen LogP contribution >= 0.6 is 11.6 Å². The van der Waals surface area contributed by atoms with Gasteiger partial charge in [-0.3, -0.25) is 0 Å². The molecular formula is C11H13ClO3. The summed E-state index contributed by atoms with van der Waals surface area (Å²) in [6, 6.07) is 7.28. The molecule has 1 atom stereocenters. The first kappa shape index (κ1) is 10.7. The molecule has 4 heteroatoms. The van der Waals surface area contributed by atoms with E-state index < -0.39 is 0 Å². The molecule has 1 fully saturated rings. The van der Waals surface area contributed by atoms with Crippen molar-refractivity contribution in [1.82, 2.24) is 0 Å². The summed E-state index contributed by atoms with van der Waals surface area (Å²) in [7, 11) is 0. The first-order valence-electron chi connectivity index (χ1n) is 4.92. The molecule has 1 saturated heterocycles. The van der Waals surface area contributed by atoms with Crippen LogP contribution in [0.5, 0.6) is 5.75 Å². The van der Waals surface area contributed by atoms with Crippen molar-refractivity contribution in [2.45, 2.75) is 6.10 Å².